The molecule has 8 aromatic carbocycles. The second-order valence-electron chi connectivity index (χ2n) is 16.3. The number of nitrogens with zero attached hydrogens (tertiary/aromatic N) is 3. The molecule has 0 saturated carbocycles. The van der Waals surface area contributed by atoms with Crippen LogP contribution in [0.25, 0.3) is 122 Å². The monoisotopic (exact) mass is 771 g/mol. The van der Waals surface area contributed by atoms with Gasteiger partial charge in [-0.05, 0) is 81.9 Å². The van der Waals surface area contributed by atoms with E-state index in [0.29, 0.717) is 17.5 Å². The maximum atomic E-state index is 6.58. The van der Waals surface area contributed by atoms with Crippen LogP contribution in [0.3, 0.4) is 0 Å². The summed E-state index contributed by atoms with van der Waals surface area (Å²) < 4.78 is 19.3. The molecule has 0 N–H and O–H groups in total. The second-order valence-corrected chi connectivity index (χ2v) is 16.3. The van der Waals surface area contributed by atoms with E-state index in [9.17, 15) is 0 Å². The Kier molecular flexibility index (Phi) is 6.69. The van der Waals surface area contributed by atoms with Gasteiger partial charge in [-0.2, -0.15) is 0 Å². The summed E-state index contributed by atoms with van der Waals surface area (Å²) in [5, 5.41) is 5.87. The van der Waals surface area contributed by atoms with Crippen molar-refractivity contribution in [3.63, 3.8) is 0 Å². The van der Waals surface area contributed by atoms with Crippen LogP contribution in [0, 0.1) is 0 Å². The average molecular weight is 772 g/mol. The lowest BCUT2D eigenvalue weighted by Gasteiger charge is -2.21. The average Bonchev–Trinajstić information content (AvgIpc) is 4.04. The van der Waals surface area contributed by atoms with E-state index in [1.165, 1.54) is 22.3 Å². The molecule has 60 heavy (non-hydrogen) atoms. The molecule has 282 valence electrons. The molecule has 0 saturated heterocycles. The molecule has 1 aliphatic rings. The molecule has 1 aliphatic carbocycles. The smallest absolute Gasteiger partial charge is 0.164 e. The van der Waals surface area contributed by atoms with Crippen LogP contribution in [0.15, 0.2) is 177 Å². The lowest BCUT2D eigenvalue weighted by Crippen LogP contribution is -2.14. The van der Waals surface area contributed by atoms with Crippen LogP contribution in [-0.4, -0.2) is 15.0 Å². The van der Waals surface area contributed by atoms with Gasteiger partial charge in [-0.3, -0.25) is 0 Å². The molecule has 0 bridgehead atoms. The highest BCUT2D eigenvalue weighted by Crippen LogP contribution is 2.50. The number of benzene rings is 8. The van der Waals surface area contributed by atoms with Crippen LogP contribution >= 0.6 is 0 Å². The zero-order valence-electron chi connectivity index (χ0n) is 32.7. The van der Waals surface area contributed by atoms with Gasteiger partial charge in [-0.25, -0.2) is 15.0 Å². The lowest BCUT2D eigenvalue weighted by atomic mass is 9.82. The van der Waals surface area contributed by atoms with Gasteiger partial charge < -0.3 is 13.3 Å². The van der Waals surface area contributed by atoms with Crippen LogP contribution in [0.4, 0.5) is 0 Å². The van der Waals surface area contributed by atoms with E-state index in [1.54, 1.807) is 0 Å². The first-order valence-electron chi connectivity index (χ1n) is 20.3. The van der Waals surface area contributed by atoms with Crippen LogP contribution in [0.2, 0.25) is 0 Å². The molecular formula is C54H33N3O3. The fraction of sp³-hybridized carbons (Fsp3) is 0.0556. The Morgan fingerprint density at radius 2 is 0.750 bits per heavy atom. The molecule has 6 heteroatoms. The van der Waals surface area contributed by atoms with Crippen molar-refractivity contribution in [2.24, 2.45) is 0 Å². The minimum atomic E-state index is -0.0568. The molecule has 0 fully saturated rings. The van der Waals surface area contributed by atoms with Crippen molar-refractivity contribution in [3.8, 4) is 56.4 Å². The maximum Gasteiger partial charge on any atom is 0.164 e. The lowest BCUT2D eigenvalue weighted by molar-refractivity contribution is 0.660. The van der Waals surface area contributed by atoms with Crippen molar-refractivity contribution in [2.75, 3.05) is 0 Å². The van der Waals surface area contributed by atoms with E-state index < -0.39 is 0 Å². The largest absolute Gasteiger partial charge is 0.456 e. The van der Waals surface area contributed by atoms with Gasteiger partial charge in [0.2, 0.25) is 0 Å². The highest BCUT2D eigenvalue weighted by Gasteiger charge is 2.35. The quantitative estimate of drug-likeness (QED) is 0.177. The molecule has 12 aromatic rings. The molecule has 0 aliphatic heterocycles. The molecular weight excluding hydrogens is 739 g/mol. The van der Waals surface area contributed by atoms with E-state index >= 15 is 0 Å². The van der Waals surface area contributed by atoms with Crippen molar-refractivity contribution in [1.82, 2.24) is 15.0 Å². The summed E-state index contributed by atoms with van der Waals surface area (Å²) >= 11 is 0. The zero-order chi connectivity index (χ0) is 39.7. The van der Waals surface area contributed by atoms with Gasteiger partial charge in [0.25, 0.3) is 0 Å². The number of para-hydroxylation sites is 2. The molecule has 0 spiro atoms. The SMILES string of the molecule is CC1(C)c2ccccc2-c2cc(-c3ccc4oc5cccc(-c6nc(-c7cccc8oc9ccccc9c78)nc(-c7cccc8oc9ccccc9c78)n6)c5c4c3)ccc21. The van der Waals surface area contributed by atoms with Crippen molar-refractivity contribution in [2.45, 2.75) is 19.3 Å². The number of fused-ring (bicyclic) bond motifs is 12. The molecule has 13 rings (SSSR count). The van der Waals surface area contributed by atoms with Crippen LogP contribution < -0.4 is 0 Å². The molecule has 0 radical (unpaired) electrons. The molecule has 4 heterocycles. The fourth-order valence-electron chi connectivity index (χ4n) is 9.75. The van der Waals surface area contributed by atoms with Gasteiger partial charge in [0.1, 0.15) is 33.5 Å². The van der Waals surface area contributed by atoms with Crippen LogP contribution in [-0.2, 0) is 5.41 Å². The summed E-state index contributed by atoms with van der Waals surface area (Å²) in [6, 6.07) is 56.6. The summed E-state index contributed by atoms with van der Waals surface area (Å²) in [6.07, 6.45) is 0. The predicted molar refractivity (Wildman–Crippen MR) is 241 cm³/mol. The van der Waals surface area contributed by atoms with E-state index in [1.807, 2.05) is 72.8 Å². The van der Waals surface area contributed by atoms with Gasteiger partial charge in [0.05, 0.1) is 0 Å². The Bertz CT molecular complexity index is 3640. The van der Waals surface area contributed by atoms with E-state index in [4.69, 9.17) is 28.2 Å². The molecule has 0 atom stereocenters. The minimum Gasteiger partial charge on any atom is -0.456 e. The predicted octanol–water partition coefficient (Wildman–Crippen LogP) is 14.5. The molecule has 0 amide bonds. The summed E-state index contributed by atoms with van der Waals surface area (Å²) in [7, 11) is 0. The van der Waals surface area contributed by atoms with Crippen molar-refractivity contribution in [1.29, 1.82) is 0 Å². The first-order chi connectivity index (χ1) is 29.5. The fourth-order valence-corrected chi connectivity index (χ4v) is 9.75. The molecule has 4 aromatic heterocycles. The number of hydrogen-bond donors (Lipinski definition) is 0. The van der Waals surface area contributed by atoms with Crippen molar-refractivity contribution < 1.29 is 13.3 Å². The third-order valence-corrected chi connectivity index (χ3v) is 12.6. The van der Waals surface area contributed by atoms with Crippen molar-refractivity contribution >= 4 is 65.8 Å². The van der Waals surface area contributed by atoms with Crippen LogP contribution in [0.1, 0.15) is 25.0 Å². The Balaban J connectivity index is 1.05. The molecule has 0 unspecified atom stereocenters. The van der Waals surface area contributed by atoms with E-state index in [0.717, 1.165) is 93.6 Å². The first kappa shape index (κ1) is 33.2. The standard InChI is InChI=1S/C54H33N3O3/c1-54(2)40-18-6-3-12-32(40)38-28-30(24-26-41(38)54)31-25-27-44-39(29-31)50-37(17-11-23-47(50)60-44)53-56-51(35-15-9-21-45-48(35)33-13-4-7-19-42(33)58-45)55-52(57-53)36-16-10-22-46-49(36)34-14-5-8-20-43(34)59-46/h3-29H,1-2H3. The zero-order valence-corrected chi connectivity index (χ0v) is 32.7. The Morgan fingerprint density at radius 1 is 0.333 bits per heavy atom. The van der Waals surface area contributed by atoms with E-state index in [2.05, 4.69) is 105 Å². The van der Waals surface area contributed by atoms with Crippen molar-refractivity contribution in [3.05, 3.63) is 175 Å². The van der Waals surface area contributed by atoms with Gasteiger partial charge in [0, 0.05) is 54.4 Å². The van der Waals surface area contributed by atoms with Crippen LogP contribution in [0.5, 0.6) is 0 Å². The summed E-state index contributed by atoms with van der Waals surface area (Å²) in [5.41, 5.74) is 14.8. The molecule has 6 nitrogen and oxygen atoms in total. The van der Waals surface area contributed by atoms with Gasteiger partial charge in [-0.15, -0.1) is 0 Å². The number of hydrogen-bond acceptors (Lipinski definition) is 6. The Labute approximate surface area is 343 Å². The minimum absolute atomic E-state index is 0.0568. The number of rotatable bonds is 4. The summed E-state index contributed by atoms with van der Waals surface area (Å²) in [5.74, 6) is 1.63. The highest BCUT2D eigenvalue weighted by atomic mass is 16.3. The number of furan rings is 3. The first-order valence-corrected chi connectivity index (χ1v) is 20.3. The van der Waals surface area contributed by atoms with Gasteiger partial charge in [-0.1, -0.05) is 129 Å². The third-order valence-electron chi connectivity index (χ3n) is 12.6. The second kappa shape index (κ2) is 12.1. The van der Waals surface area contributed by atoms with Gasteiger partial charge in [0.15, 0.2) is 17.5 Å². The third kappa shape index (κ3) is 4.67. The normalized spacial score (nSPS) is 13.3. The summed E-state index contributed by atoms with van der Waals surface area (Å²) in [6.45, 7) is 4.63. The topological polar surface area (TPSA) is 78.1 Å². The van der Waals surface area contributed by atoms with Gasteiger partial charge >= 0.3 is 0 Å². The Morgan fingerprint density at radius 3 is 1.33 bits per heavy atom. The Hall–Kier alpha value is -7.83. The maximum absolute atomic E-state index is 6.58. The highest BCUT2D eigenvalue weighted by molar-refractivity contribution is 6.15. The van der Waals surface area contributed by atoms with E-state index in [-0.39, 0.29) is 5.41 Å². The summed E-state index contributed by atoms with van der Waals surface area (Å²) in [4.78, 5) is 15.9. The number of aromatic nitrogens is 3.